The number of piperazine rings is 1. The van der Waals surface area contributed by atoms with Crippen molar-refractivity contribution >= 4 is 0 Å². The van der Waals surface area contributed by atoms with Crippen LogP contribution in [0, 0.1) is 0 Å². The average Bonchev–Trinajstić information content (AvgIpc) is 2.61. The zero-order chi connectivity index (χ0) is 9.10. The Kier molecular flexibility index (Phi) is 2.61. The van der Waals surface area contributed by atoms with Gasteiger partial charge in [0.05, 0.1) is 6.33 Å². The minimum atomic E-state index is 0.622. The van der Waals surface area contributed by atoms with E-state index in [1.165, 1.54) is 5.69 Å². The molecule has 1 aromatic rings. The highest BCUT2D eigenvalue weighted by Gasteiger charge is 2.17. The predicted octanol–water partition coefficient (Wildman–Crippen LogP) is 0.203. The van der Waals surface area contributed by atoms with Gasteiger partial charge in [0.1, 0.15) is 0 Å². The molecule has 0 unspecified atom stereocenters. The van der Waals surface area contributed by atoms with Crippen LogP contribution in [0.2, 0.25) is 0 Å². The molecule has 0 aliphatic carbocycles. The summed E-state index contributed by atoms with van der Waals surface area (Å²) < 4.78 is 0. The fourth-order valence-electron chi connectivity index (χ4n) is 1.71. The van der Waals surface area contributed by atoms with Gasteiger partial charge in [-0.25, -0.2) is 4.98 Å². The normalized spacial score (nSPS) is 24.8. The Hall–Kier alpha value is -0.870. The molecule has 1 atom stereocenters. The summed E-state index contributed by atoms with van der Waals surface area (Å²) in [5.41, 5.74) is 1.20. The zero-order valence-electron chi connectivity index (χ0n) is 7.95. The highest BCUT2D eigenvalue weighted by atomic mass is 15.2. The maximum absolute atomic E-state index is 4.01. The van der Waals surface area contributed by atoms with Gasteiger partial charge in [0.2, 0.25) is 0 Å². The Labute approximate surface area is 78.4 Å². The van der Waals surface area contributed by atoms with Crippen molar-refractivity contribution in [1.29, 1.82) is 0 Å². The van der Waals surface area contributed by atoms with Crippen molar-refractivity contribution in [1.82, 2.24) is 20.2 Å². The molecular weight excluding hydrogens is 164 g/mol. The smallest absolute Gasteiger partial charge is 0.0922 e. The van der Waals surface area contributed by atoms with E-state index in [1.54, 1.807) is 6.33 Å². The van der Waals surface area contributed by atoms with Crippen LogP contribution in [-0.2, 0) is 6.54 Å². The van der Waals surface area contributed by atoms with Crippen LogP contribution in [0.4, 0.5) is 0 Å². The summed E-state index contributed by atoms with van der Waals surface area (Å²) in [6, 6.07) is 0.622. The summed E-state index contributed by atoms with van der Waals surface area (Å²) in [6.07, 6.45) is 3.64. The number of nitrogens with zero attached hydrogens (tertiary/aromatic N) is 2. The molecular formula is C9H16N4. The van der Waals surface area contributed by atoms with Gasteiger partial charge < -0.3 is 10.3 Å². The van der Waals surface area contributed by atoms with Gasteiger partial charge >= 0.3 is 0 Å². The third kappa shape index (κ3) is 2.08. The van der Waals surface area contributed by atoms with Gasteiger partial charge in [-0.1, -0.05) is 0 Å². The van der Waals surface area contributed by atoms with Crippen LogP contribution in [-0.4, -0.2) is 40.5 Å². The SMILES string of the molecule is C[C@@H]1CNCCN1Cc1cnc[nH]1. The molecule has 0 radical (unpaired) electrons. The van der Waals surface area contributed by atoms with Crippen molar-refractivity contribution < 1.29 is 0 Å². The fourth-order valence-corrected chi connectivity index (χ4v) is 1.71. The van der Waals surface area contributed by atoms with Crippen LogP contribution < -0.4 is 5.32 Å². The molecule has 4 nitrogen and oxygen atoms in total. The van der Waals surface area contributed by atoms with E-state index in [2.05, 4.69) is 27.1 Å². The van der Waals surface area contributed by atoms with E-state index in [9.17, 15) is 0 Å². The van der Waals surface area contributed by atoms with E-state index in [0.29, 0.717) is 6.04 Å². The molecule has 1 aromatic heterocycles. The molecule has 2 heterocycles. The van der Waals surface area contributed by atoms with Crippen molar-refractivity contribution in [3.63, 3.8) is 0 Å². The molecule has 0 bridgehead atoms. The van der Waals surface area contributed by atoms with E-state index in [-0.39, 0.29) is 0 Å². The lowest BCUT2D eigenvalue weighted by Crippen LogP contribution is -2.49. The number of hydrogen-bond donors (Lipinski definition) is 2. The maximum atomic E-state index is 4.01. The first-order chi connectivity index (χ1) is 6.36. The number of nitrogens with one attached hydrogen (secondary N) is 2. The molecule has 2 rings (SSSR count). The van der Waals surface area contributed by atoms with E-state index < -0.39 is 0 Å². The number of H-pyrrole nitrogens is 1. The molecule has 4 heteroatoms. The molecule has 1 aliphatic heterocycles. The Morgan fingerprint density at radius 3 is 3.31 bits per heavy atom. The molecule has 1 aliphatic rings. The van der Waals surface area contributed by atoms with Gasteiger partial charge in [0.15, 0.2) is 0 Å². The largest absolute Gasteiger partial charge is 0.347 e. The van der Waals surface area contributed by atoms with Gasteiger partial charge in [-0.2, -0.15) is 0 Å². The molecule has 1 fully saturated rings. The van der Waals surface area contributed by atoms with Crippen LogP contribution in [0.25, 0.3) is 0 Å². The number of aromatic amines is 1. The Morgan fingerprint density at radius 1 is 1.69 bits per heavy atom. The Bertz CT molecular complexity index is 244. The summed E-state index contributed by atoms with van der Waals surface area (Å²) in [5, 5.41) is 3.38. The molecule has 0 aromatic carbocycles. The summed E-state index contributed by atoms with van der Waals surface area (Å²) in [7, 11) is 0. The zero-order valence-corrected chi connectivity index (χ0v) is 7.95. The van der Waals surface area contributed by atoms with E-state index >= 15 is 0 Å². The van der Waals surface area contributed by atoms with Gasteiger partial charge in [0.25, 0.3) is 0 Å². The quantitative estimate of drug-likeness (QED) is 0.683. The molecule has 13 heavy (non-hydrogen) atoms. The highest BCUT2D eigenvalue weighted by molar-refractivity contribution is 4.95. The Morgan fingerprint density at radius 2 is 2.62 bits per heavy atom. The van der Waals surface area contributed by atoms with E-state index in [0.717, 1.165) is 26.2 Å². The third-order valence-corrected chi connectivity index (χ3v) is 2.57. The Balaban J connectivity index is 1.93. The van der Waals surface area contributed by atoms with Gasteiger partial charge in [0, 0.05) is 44.1 Å². The first-order valence-electron chi connectivity index (χ1n) is 4.78. The minimum absolute atomic E-state index is 0.622. The van der Waals surface area contributed by atoms with Crippen LogP contribution in [0.15, 0.2) is 12.5 Å². The van der Waals surface area contributed by atoms with Crippen LogP contribution in [0.5, 0.6) is 0 Å². The predicted molar refractivity (Wildman–Crippen MR) is 51.3 cm³/mol. The number of imidazole rings is 1. The third-order valence-electron chi connectivity index (χ3n) is 2.57. The molecule has 0 saturated carbocycles. The average molecular weight is 180 g/mol. The van der Waals surface area contributed by atoms with Gasteiger partial charge in [-0.15, -0.1) is 0 Å². The van der Waals surface area contributed by atoms with Crippen LogP contribution >= 0.6 is 0 Å². The second-order valence-corrected chi connectivity index (χ2v) is 3.60. The summed E-state index contributed by atoms with van der Waals surface area (Å²) in [6.45, 7) is 6.55. The number of rotatable bonds is 2. The first kappa shape index (κ1) is 8.72. The van der Waals surface area contributed by atoms with Gasteiger partial charge in [-0.05, 0) is 6.92 Å². The molecule has 2 N–H and O–H groups in total. The first-order valence-corrected chi connectivity index (χ1v) is 4.78. The summed E-state index contributed by atoms with van der Waals surface area (Å²) in [5.74, 6) is 0. The van der Waals surface area contributed by atoms with Crippen LogP contribution in [0.1, 0.15) is 12.6 Å². The minimum Gasteiger partial charge on any atom is -0.347 e. The standard InChI is InChI=1S/C9H16N4/c1-8-4-10-2-3-13(8)6-9-5-11-7-12-9/h5,7-8,10H,2-4,6H2,1H3,(H,11,12)/t8-/m1/s1. The highest BCUT2D eigenvalue weighted by Crippen LogP contribution is 2.06. The van der Waals surface area contributed by atoms with Crippen molar-refractivity contribution in [2.75, 3.05) is 19.6 Å². The lowest BCUT2D eigenvalue weighted by molar-refractivity contribution is 0.164. The molecule has 1 saturated heterocycles. The van der Waals surface area contributed by atoms with Gasteiger partial charge in [-0.3, -0.25) is 4.90 Å². The summed E-state index contributed by atoms with van der Waals surface area (Å²) >= 11 is 0. The molecule has 0 amide bonds. The van der Waals surface area contributed by atoms with Crippen LogP contribution in [0.3, 0.4) is 0 Å². The topological polar surface area (TPSA) is 44.0 Å². The number of aromatic nitrogens is 2. The van der Waals surface area contributed by atoms with Crippen molar-refractivity contribution in [3.8, 4) is 0 Å². The van der Waals surface area contributed by atoms with Crippen molar-refractivity contribution in [2.45, 2.75) is 19.5 Å². The molecule has 72 valence electrons. The van der Waals surface area contributed by atoms with E-state index in [4.69, 9.17) is 0 Å². The lowest BCUT2D eigenvalue weighted by Gasteiger charge is -2.33. The van der Waals surface area contributed by atoms with E-state index in [1.807, 2.05) is 6.20 Å². The van der Waals surface area contributed by atoms with Crippen molar-refractivity contribution in [2.24, 2.45) is 0 Å². The second-order valence-electron chi connectivity index (χ2n) is 3.60. The lowest BCUT2D eigenvalue weighted by atomic mass is 10.2. The molecule has 0 spiro atoms. The fraction of sp³-hybridized carbons (Fsp3) is 0.667. The number of hydrogen-bond acceptors (Lipinski definition) is 3. The van der Waals surface area contributed by atoms with Crippen molar-refractivity contribution in [3.05, 3.63) is 18.2 Å². The second kappa shape index (κ2) is 3.89. The maximum Gasteiger partial charge on any atom is 0.0922 e. The summed E-state index contributed by atoms with van der Waals surface area (Å²) in [4.78, 5) is 9.61. The monoisotopic (exact) mass is 180 g/mol.